The molecule has 1 atom stereocenters. The third kappa shape index (κ3) is 5.65. The third-order valence-corrected chi connectivity index (χ3v) is 3.75. The summed E-state index contributed by atoms with van der Waals surface area (Å²) in [4.78, 5) is 12.5. The number of ether oxygens (including phenoxy) is 3. The van der Waals surface area contributed by atoms with Crippen LogP contribution in [0.5, 0.6) is 17.2 Å². The van der Waals surface area contributed by atoms with Crippen molar-refractivity contribution in [3.8, 4) is 17.2 Å². The predicted octanol–water partition coefficient (Wildman–Crippen LogP) is 3.33. The van der Waals surface area contributed by atoms with E-state index >= 15 is 0 Å². The lowest BCUT2D eigenvalue weighted by Crippen LogP contribution is -2.25. The number of aliphatic hydroxyl groups excluding tert-OH is 1. The van der Waals surface area contributed by atoms with E-state index in [1.165, 1.54) is 6.26 Å². The number of carbonyl (C=O) groups excluding carboxylic acids is 1. The number of benzene rings is 1. The van der Waals surface area contributed by atoms with Gasteiger partial charge >= 0.3 is 0 Å². The maximum atomic E-state index is 12.5. The van der Waals surface area contributed by atoms with Crippen molar-refractivity contribution in [2.24, 2.45) is 0 Å². The van der Waals surface area contributed by atoms with Gasteiger partial charge in [-0.15, -0.1) is 0 Å². The Morgan fingerprint density at radius 1 is 1.11 bits per heavy atom. The maximum Gasteiger partial charge on any atom is 0.251 e. The second kappa shape index (κ2) is 10.5. The summed E-state index contributed by atoms with van der Waals surface area (Å²) in [6.07, 6.45) is 1.08. The molecule has 1 amide bonds. The minimum absolute atomic E-state index is 0.286. The molecule has 0 radical (unpaired) electrons. The molecular weight excluding hydrogens is 350 g/mol. The maximum absolute atomic E-state index is 12.5. The molecule has 0 bridgehead atoms. The van der Waals surface area contributed by atoms with Gasteiger partial charge < -0.3 is 29.1 Å². The second-order valence-electron chi connectivity index (χ2n) is 5.68. The minimum Gasteiger partial charge on any atom is -0.490 e. The van der Waals surface area contributed by atoms with Gasteiger partial charge in [0.15, 0.2) is 11.5 Å². The Morgan fingerprint density at radius 2 is 1.74 bits per heavy atom. The average Bonchev–Trinajstić information content (AvgIpc) is 3.19. The number of furan rings is 1. The summed E-state index contributed by atoms with van der Waals surface area (Å²) in [5.41, 5.74) is 0.401. The summed E-state index contributed by atoms with van der Waals surface area (Å²) in [5, 5.41) is 12.8. The molecule has 0 spiro atoms. The molecule has 0 saturated heterocycles. The highest BCUT2D eigenvalue weighted by atomic mass is 16.5. The largest absolute Gasteiger partial charge is 0.490 e. The van der Waals surface area contributed by atoms with Crippen LogP contribution in [-0.2, 0) is 0 Å². The van der Waals surface area contributed by atoms with Crippen molar-refractivity contribution < 1.29 is 28.5 Å². The molecule has 2 rings (SSSR count). The molecule has 1 unspecified atom stereocenters. The van der Waals surface area contributed by atoms with Gasteiger partial charge in [0.1, 0.15) is 11.9 Å². The molecule has 0 aliphatic rings. The van der Waals surface area contributed by atoms with Gasteiger partial charge in [0.05, 0.1) is 26.1 Å². The van der Waals surface area contributed by atoms with Gasteiger partial charge in [-0.2, -0.15) is 0 Å². The van der Waals surface area contributed by atoms with Crippen molar-refractivity contribution in [2.75, 3.05) is 26.4 Å². The van der Waals surface area contributed by atoms with Crippen LogP contribution in [0.2, 0.25) is 0 Å². The molecule has 1 aromatic carbocycles. The predicted molar refractivity (Wildman–Crippen MR) is 101 cm³/mol. The van der Waals surface area contributed by atoms with Gasteiger partial charge in [-0.3, -0.25) is 4.79 Å². The first kappa shape index (κ1) is 20.6. The van der Waals surface area contributed by atoms with Gasteiger partial charge in [0.25, 0.3) is 5.91 Å². The number of rotatable bonds is 11. The number of aliphatic hydroxyl groups is 1. The number of nitrogens with one attached hydrogen (secondary N) is 1. The lowest BCUT2D eigenvalue weighted by Gasteiger charge is -2.17. The standard InChI is InChI=1S/C20H27NO6/c1-4-24-17-12-14(13-18(25-5-2)19(17)26-6-3)20(23)21-10-9-15(22)16-8-7-11-27-16/h7-8,11-13,15,22H,4-6,9-10H2,1-3H3,(H,21,23). The first-order valence-corrected chi connectivity index (χ1v) is 9.16. The molecule has 7 nitrogen and oxygen atoms in total. The Balaban J connectivity index is 2.09. The smallest absolute Gasteiger partial charge is 0.251 e. The fraction of sp³-hybridized carbons (Fsp3) is 0.450. The van der Waals surface area contributed by atoms with Crippen molar-refractivity contribution in [3.63, 3.8) is 0 Å². The molecule has 1 heterocycles. The van der Waals surface area contributed by atoms with E-state index in [2.05, 4.69) is 5.32 Å². The topological polar surface area (TPSA) is 90.2 Å². The molecule has 0 fully saturated rings. The highest BCUT2D eigenvalue weighted by molar-refractivity contribution is 5.95. The van der Waals surface area contributed by atoms with E-state index in [4.69, 9.17) is 18.6 Å². The minimum atomic E-state index is -0.765. The summed E-state index contributed by atoms with van der Waals surface area (Å²) >= 11 is 0. The molecule has 0 aliphatic heterocycles. The van der Waals surface area contributed by atoms with Crippen molar-refractivity contribution in [1.82, 2.24) is 5.32 Å². The van der Waals surface area contributed by atoms with Gasteiger partial charge in [0.2, 0.25) is 5.75 Å². The normalized spacial score (nSPS) is 11.7. The van der Waals surface area contributed by atoms with Crippen LogP contribution < -0.4 is 19.5 Å². The first-order valence-electron chi connectivity index (χ1n) is 9.16. The summed E-state index contributed by atoms with van der Waals surface area (Å²) in [7, 11) is 0. The van der Waals surface area contributed by atoms with Crippen LogP contribution in [0.15, 0.2) is 34.9 Å². The Bertz CT molecular complexity index is 686. The van der Waals surface area contributed by atoms with E-state index in [9.17, 15) is 9.90 Å². The molecule has 7 heteroatoms. The second-order valence-corrected chi connectivity index (χ2v) is 5.68. The van der Waals surface area contributed by atoms with Gasteiger partial charge in [-0.1, -0.05) is 0 Å². The quantitative estimate of drug-likeness (QED) is 0.624. The van der Waals surface area contributed by atoms with Gasteiger partial charge in [-0.25, -0.2) is 0 Å². The van der Waals surface area contributed by atoms with E-state index in [1.54, 1.807) is 24.3 Å². The van der Waals surface area contributed by atoms with Crippen LogP contribution in [0.1, 0.15) is 49.4 Å². The lowest BCUT2D eigenvalue weighted by molar-refractivity contribution is 0.0935. The molecular formula is C20H27NO6. The van der Waals surface area contributed by atoms with Crippen molar-refractivity contribution in [1.29, 1.82) is 0 Å². The summed E-state index contributed by atoms with van der Waals surface area (Å²) in [6, 6.07) is 6.67. The van der Waals surface area contributed by atoms with Gasteiger partial charge in [0, 0.05) is 12.1 Å². The zero-order chi connectivity index (χ0) is 19.6. The average molecular weight is 377 g/mol. The molecule has 0 aliphatic carbocycles. The van der Waals surface area contributed by atoms with Crippen LogP contribution in [0.25, 0.3) is 0 Å². The van der Waals surface area contributed by atoms with Crippen LogP contribution in [0, 0.1) is 0 Å². The number of amides is 1. The van der Waals surface area contributed by atoms with E-state index in [0.29, 0.717) is 61.4 Å². The zero-order valence-electron chi connectivity index (χ0n) is 16.0. The molecule has 148 valence electrons. The van der Waals surface area contributed by atoms with Crippen molar-refractivity contribution in [3.05, 3.63) is 41.9 Å². The third-order valence-electron chi connectivity index (χ3n) is 3.75. The fourth-order valence-electron chi connectivity index (χ4n) is 2.57. The monoisotopic (exact) mass is 377 g/mol. The fourth-order valence-corrected chi connectivity index (χ4v) is 2.57. The Kier molecular flexibility index (Phi) is 8.00. The highest BCUT2D eigenvalue weighted by Gasteiger charge is 2.18. The van der Waals surface area contributed by atoms with Crippen LogP contribution in [0.3, 0.4) is 0 Å². The number of hydrogen-bond donors (Lipinski definition) is 2. The first-order chi connectivity index (χ1) is 13.1. The van der Waals surface area contributed by atoms with E-state index < -0.39 is 6.10 Å². The van der Waals surface area contributed by atoms with Crippen molar-refractivity contribution >= 4 is 5.91 Å². The lowest BCUT2D eigenvalue weighted by atomic mass is 10.1. The van der Waals surface area contributed by atoms with E-state index in [1.807, 2.05) is 20.8 Å². The summed E-state index contributed by atoms with van der Waals surface area (Å²) in [5.74, 6) is 1.61. The van der Waals surface area contributed by atoms with Crippen LogP contribution >= 0.6 is 0 Å². The SMILES string of the molecule is CCOc1cc(C(=O)NCCC(O)c2ccco2)cc(OCC)c1OCC. The molecule has 27 heavy (non-hydrogen) atoms. The molecule has 2 N–H and O–H groups in total. The zero-order valence-corrected chi connectivity index (χ0v) is 16.0. The van der Waals surface area contributed by atoms with Gasteiger partial charge in [-0.05, 0) is 51.5 Å². The van der Waals surface area contributed by atoms with Crippen molar-refractivity contribution in [2.45, 2.75) is 33.3 Å². The van der Waals surface area contributed by atoms with E-state index in [-0.39, 0.29) is 5.91 Å². The number of hydrogen-bond acceptors (Lipinski definition) is 6. The Labute approximate surface area is 159 Å². The molecule has 0 saturated carbocycles. The van der Waals surface area contributed by atoms with Crippen LogP contribution in [-0.4, -0.2) is 37.4 Å². The van der Waals surface area contributed by atoms with E-state index in [0.717, 1.165) is 0 Å². The summed E-state index contributed by atoms with van der Waals surface area (Å²) in [6.45, 7) is 7.21. The highest BCUT2D eigenvalue weighted by Crippen LogP contribution is 2.39. The number of carbonyl (C=O) groups is 1. The molecule has 2 aromatic rings. The summed E-state index contributed by atoms with van der Waals surface area (Å²) < 4.78 is 22.0. The Hall–Kier alpha value is -2.67. The van der Waals surface area contributed by atoms with Crippen LogP contribution in [0.4, 0.5) is 0 Å². The molecule has 1 aromatic heterocycles. The Morgan fingerprint density at radius 3 is 2.26 bits per heavy atom.